The van der Waals surface area contributed by atoms with Gasteiger partial charge in [0.25, 0.3) is 5.91 Å². The highest BCUT2D eigenvalue weighted by Crippen LogP contribution is 2.14. The molecular weight excluding hydrogens is 280 g/mol. The average Bonchev–Trinajstić information content (AvgIpc) is 2.42. The van der Waals surface area contributed by atoms with Crippen molar-refractivity contribution in [3.63, 3.8) is 0 Å². The Hall–Kier alpha value is -1.62. The molecule has 1 aromatic rings. The Balaban J connectivity index is 2.35. The monoisotopic (exact) mass is 298 g/mol. The molecule has 1 rings (SSSR count). The molecule has 1 aromatic heterocycles. The number of carboxylic acid groups (broad SMARTS) is 1. The largest absolute Gasteiger partial charge is 0.481 e. The first-order chi connectivity index (χ1) is 9.52. The normalized spacial score (nSPS) is 11.9. The van der Waals surface area contributed by atoms with E-state index in [1.54, 1.807) is 18.2 Å². The number of carboxylic acids is 1. The predicted molar refractivity (Wildman–Crippen MR) is 76.8 cm³/mol. The van der Waals surface area contributed by atoms with Crippen molar-refractivity contribution in [2.45, 2.75) is 32.6 Å². The topological polar surface area (TPSA) is 79.3 Å². The summed E-state index contributed by atoms with van der Waals surface area (Å²) < 4.78 is 0. The van der Waals surface area contributed by atoms with Crippen LogP contribution in [0.25, 0.3) is 0 Å². The maximum Gasteiger partial charge on any atom is 0.303 e. The van der Waals surface area contributed by atoms with Gasteiger partial charge in [0.2, 0.25) is 0 Å². The summed E-state index contributed by atoms with van der Waals surface area (Å²) >= 11 is 5.72. The van der Waals surface area contributed by atoms with Crippen LogP contribution in [0.4, 0.5) is 0 Å². The fourth-order valence-electron chi connectivity index (χ4n) is 1.90. The van der Waals surface area contributed by atoms with Gasteiger partial charge in [-0.1, -0.05) is 31.0 Å². The fourth-order valence-corrected chi connectivity index (χ4v) is 2.06. The van der Waals surface area contributed by atoms with E-state index in [0.29, 0.717) is 18.9 Å². The molecule has 1 atom stereocenters. The zero-order chi connectivity index (χ0) is 15.0. The van der Waals surface area contributed by atoms with Gasteiger partial charge in [0, 0.05) is 13.0 Å². The number of amides is 1. The van der Waals surface area contributed by atoms with Gasteiger partial charge in [0.1, 0.15) is 10.8 Å². The molecule has 0 aromatic carbocycles. The third-order valence-corrected chi connectivity index (χ3v) is 3.34. The third kappa shape index (κ3) is 6.02. The number of aromatic nitrogens is 1. The van der Waals surface area contributed by atoms with Crippen LogP contribution in [0.3, 0.4) is 0 Å². The van der Waals surface area contributed by atoms with Gasteiger partial charge < -0.3 is 10.4 Å². The lowest BCUT2D eigenvalue weighted by Crippen LogP contribution is -2.26. The predicted octanol–water partition coefficient (Wildman–Crippen LogP) is 2.75. The van der Waals surface area contributed by atoms with Gasteiger partial charge in [0.05, 0.1) is 0 Å². The van der Waals surface area contributed by atoms with Gasteiger partial charge in [-0.15, -0.1) is 0 Å². The maximum absolute atomic E-state index is 11.8. The van der Waals surface area contributed by atoms with E-state index >= 15 is 0 Å². The standard InChI is InChI=1S/C14H19ClN2O3/c1-2-10(6-7-13(18)19)8-9-16-14(20)11-4-3-5-12(15)17-11/h3-5,10H,2,6-9H2,1H3,(H,16,20)(H,18,19). The summed E-state index contributed by atoms with van der Waals surface area (Å²) in [6.07, 6.45) is 2.47. The van der Waals surface area contributed by atoms with Crippen LogP contribution in [-0.2, 0) is 4.79 Å². The highest BCUT2D eigenvalue weighted by atomic mass is 35.5. The molecule has 0 aliphatic heterocycles. The second-order valence-corrected chi connectivity index (χ2v) is 4.98. The number of carbonyl (C=O) groups excluding carboxylic acids is 1. The van der Waals surface area contributed by atoms with Crippen LogP contribution in [0.5, 0.6) is 0 Å². The van der Waals surface area contributed by atoms with Crippen LogP contribution in [-0.4, -0.2) is 28.5 Å². The number of hydrogen-bond donors (Lipinski definition) is 2. The van der Waals surface area contributed by atoms with E-state index in [0.717, 1.165) is 12.8 Å². The Morgan fingerprint density at radius 1 is 1.40 bits per heavy atom. The molecule has 2 N–H and O–H groups in total. The van der Waals surface area contributed by atoms with E-state index in [4.69, 9.17) is 16.7 Å². The van der Waals surface area contributed by atoms with Gasteiger partial charge >= 0.3 is 5.97 Å². The zero-order valence-electron chi connectivity index (χ0n) is 11.4. The summed E-state index contributed by atoms with van der Waals surface area (Å²) in [6.45, 7) is 2.53. The first-order valence-electron chi connectivity index (χ1n) is 6.65. The smallest absolute Gasteiger partial charge is 0.303 e. The summed E-state index contributed by atoms with van der Waals surface area (Å²) in [5, 5.41) is 11.7. The Bertz CT molecular complexity index is 465. The van der Waals surface area contributed by atoms with E-state index < -0.39 is 5.97 Å². The summed E-state index contributed by atoms with van der Waals surface area (Å²) in [7, 11) is 0. The van der Waals surface area contributed by atoms with Crippen LogP contribution in [0.1, 0.15) is 43.1 Å². The van der Waals surface area contributed by atoms with Crippen LogP contribution in [0.15, 0.2) is 18.2 Å². The van der Waals surface area contributed by atoms with Crippen LogP contribution < -0.4 is 5.32 Å². The number of pyridine rings is 1. The first-order valence-corrected chi connectivity index (χ1v) is 7.03. The molecule has 1 amide bonds. The molecule has 0 radical (unpaired) electrons. The van der Waals surface area contributed by atoms with Crippen molar-refractivity contribution in [3.8, 4) is 0 Å². The third-order valence-electron chi connectivity index (χ3n) is 3.13. The second-order valence-electron chi connectivity index (χ2n) is 4.60. The summed E-state index contributed by atoms with van der Waals surface area (Å²) in [6, 6.07) is 4.88. The zero-order valence-corrected chi connectivity index (χ0v) is 12.2. The molecule has 0 saturated heterocycles. The maximum atomic E-state index is 11.8. The van der Waals surface area contributed by atoms with E-state index in [9.17, 15) is 9.59 Å². The number of halogens is 1. The Morgan fingerprint density at radius 3 is 2.75 bits per heavy atom. The van der Waals surface area contributed by atoms with E-state index in [2.05, 4.69) is 10.3 Å². The van der Waals surface area contributed by atoms with E-state index in [1.165, 1.54) is 0 Å². The van der Waals surface area contributed by atoms with Gasteiger partial charge in [-0.05, 0) is 30.9 Å². The number of aliphatic carboxylic acids is 1. The van der Waals surface area contributed by atoms with Crippen LogP contribution >= 0.6 is 11.6 Å². The van der Waals surface area contributed by atoms with E-state index in [-0.39, 0.29) is 23.2 Å². The second kappa shape index (κ2) is 8.53. The molecule has 0 bridgehead atoms. The van der Waals surface area contributed by atoms with Crippen LogP contribution in [0.2, 0.25) is 5.15 Å². The lowest BCUT2D eigenvalue weighted by atomic mass is 9.96. The molecule has 0 fully saturated rings. The number of nitrogens with one attached hydrogen (secondary N) is 1. The van der Waals surface area contributed by atoms with Gasteiger partial charge in [-0.25, -0.2) is 4.98 Å². The molecule has 20 heavy (non-hydrogen) atoms. The van der Waals surface area contributed by atoms with Crippen molar-refractivity contribution in [2.75, 3.05) is 6.54 Å². The van der Waals surface area contributed by atoms with Crippen molar-refractivity contribution >= 4 is 23.5 Å². The minimum Gasteiger partial charge on any atom is -0.481 e. The van der Waals surface area contributed by atoms with Crippen molar-refractivity contribution in [1.82, 2.24) is 10.3 Å². The summed E-state index contributed by atoms with van der Waals surface area (Å²) in [4.78, 5) is 26.3. The number of carbonyl (C=O) groups is 2. The molecule has 0 aliphatic carbocycles. The number of rotatable bonds is 8. The molecule has 0 aliphatic rings. The van der Waals surface area contributed by atoms with Crippen molar-refractivity contribution in [2.24, 2.45) is 5.92 Å². The minimum absolute atomic E-state index is 0.169. The van der Waals surface area contributed by atoms with Gasteiger partial charge in [-0.2, -0.15) is 0 Å². The van der Waals surface area contributed by atoms with Crippen molar-refractivity contribution < 1.29 is 14.7 Å². The van der Waals surface area contributed by atoms with Gasteiger partial charge in [-0.3, -0.25) is 9.59 Å². The number of hydrogen-bond acceptors (Lipinski definition) is 3. The minimum atomic E-state index is -0.782. The molecular formula is C14H19ClN2O3. The summed E-state index contributed by atoms with van der Waals surface area (Å²) in [5.41, 5.74) is 0.288. The molecule has 6 heteroatoms. The molecule has 0 spiro atoms. The highest BCUT2D eigenvalue weighted by molar-refractivity contribution is 6.29. The highest BCUT2D eigenvalue weighted by Gasteiger charge is 2.11. The Morgan fingerprint density at radius 2 is 2.15 bits per heavy atom. The van der Waals surface area contributed by atoms with Gasteiger partial charge in [0.15, 0.2) is 0 Å². The van der Waals surface area contributed by atoms with Crippen LogP contribution in [0, 0.1) is 5.92 Å². The lowest BCUT2D eigenvalue weighted by Gasteiger charge is -2.13. The van der Waals surface area contributed by atoms with E-state index in [1.807, 2.05) is 6.92 Å². The molecule has 0 saturated carbocycles. The molecule has 1 heterocycles. The average molecular weight is 299 g/mol. The number of nitrogens with zero attached hydrogens (tertiary/aromatic N) is 1. The first kappa shape index (κ1) is 16.4. The van der Waals surface area contributed by atoms with Crippen molar-refractivity contribution in [1.29, 1.82) is 0 Å². The molecule has 1 unspecified atom stereocenters. The van der Waals surface area contributed by atoms with Crippen molar-refractivity contribution in [3.05, 3.63) is 29.0 Å². The molecule has 5 nitrogen and oxygen atoms in total. The Kier molecular flexibility index (Phi) is 7.01. The SMILES string of the molecule is CCC(CCNC(=O)c1cccc(Cl)n1)CCC(=O)O. The summed E-state index contributed by atoms with van der Waals surface area (Å²) in [5.74, 6) is -0.741. The fraction of sp³-hybridized carbons (Fsp3) is 0.500. The lowest BCUT2D eigenvalue weighted by molar-refractivity contribution is -0.137. The quantitative estimate of drug-likeness (QED) is 0.723. The molecule has 110 valence electrons. The Labute approximate surface area is 123 Å².